The Balaban J connectivity index is 1.73. The minimum atomic E-state index is -0.397. The van der Waals surface area contributed by atoms with E-state index >= 15 is 0 Å². The molecule has 2 N–H and O–H groups in total. The van der Waals surface area contributed by atoms with E-state index in [1.165, 1.54) is 5.56 Å². The number of hydrogen-bond donors (Lipinski definition) is 1. The first kappa shape index (κ1) is 15.6. The van der Waals surface area contributed by atoms with Crippen LogP contribution in [0, 0.1) is 5.92 Å². The van der Waals surface area contributed by atoms with E-state index in [9.17, 15) is 9.59 Å². The smallest absolute Gasteiger partial charge is 0.314 e. The summed E-state index contributed by atoms with van der Waals surface area (Å²) in [6.07, 6.45) is 3.30. The van der Waals surface area contributed by atoms with Gasteiger partial charge in [0.1, 0.15) is 5.75 Å². The van der Waals surface area contributed by atoms with Crippen molar-refractivity contribution in [3.63, 3.8) is 0 Å². The minimum Gasteiger partial charge on any atom is -0.497 e. The standard InChI is InChI=1S/C17H23N3O3/c1-23-14-4-5-15-13(11-14)3-2-8-20(15)16(21)12-6-9-19(10-7-12)17(18)22/h4-5,11-12H,2-3,6-10H2,1H3,(H2,18,22). The van der Waals surface area contributed by atoms with Gasteiger partial charge in [-0.05, 0) is 49.4 Å². The lowest BCUT2D eigenvalue weighted by molar-refractivity contribution is -0.123. The summed E-state index contributed by atoms with van der Waals surface area (Å²) in [5.74, 6) is 0.965. The highest BCUT2D eigenvalue weighted by molar-refractivity contribution is 5.96. The van der Waals surface area contributed by atoms with Crippen molar-refractivity contribution in [1.82, 2.24) is 4.90 Å². The van der Waals surface area contributed by atoms with Crippen molar-refractivity contribution in [3.8, 4) is 5.75 Å². The quantitative estimate of drug-likeness (QED) is 0.903. The number of benzene rings is 1. The van der Waals surface area contributed by atoms with E-state index in [0.29, 0.717) is 25.9 Å². The van der Waals surface area contributed by atoms with Crippen LogP contribution >= 0.6 is 0 Å². The third kappa shape index (κ3) is 3.11. The molecule has 1 fully saturated rings. The second-order valence-electron chi connectivity index (χ2n) is 6.19. The number of piperidine rings is 1. The molecule has 0 aliphatic carbocycles. The van der Waals surface area contributed by atoms with E-state index in [-0.39, 0.29) is 11.8 Å². The Morgan fingerprint density at radius 2 is 1.96 bits per heavy atom. The van der Waals surface area contributed by atoms with Crippen molar-refractivity contribution >= 4 is 17.6 Å². The Labute approximate surface area is 136 Å². The number of carbonyl (C=O) groups is 2. The molecular weight excluding hydrogens is 294 g/mol. The van der Waals surface area contributed by atoms with Crippen molar-refractivity contribution in [1.29, 1.82) is 0 Å². The first-order chi connectivity index (χ1) is 11.1. The highest BCUT2D eigenvalue weighted by Crippen LogP contribution is 2.32. The van der Waals surface area contributed by atoms with Crippen molar-refractivity contribution in [3.05, 3.63) is 23.8 Å². The number of nitrogens with zero attached hydrogens (tertiary/aromatic N) is 2. The predicted octanol–water partition coefficient (Wildman–Crippen LogP) is 1.77. The molecule has 0 spiro atoms. The fourth-order valence-electron chi connectivity index (χ4n) is 3.50. The zero-order valence-electron chi connectivity index (χ0n) is 13.5. The number of anilines is 1. The molecule has 3 rings (SSSR count). The Morgan fingerprint density at radius 3 is 2.61 bits per heavy atom. The monoisotopic (exact) mass is 317 g/mol. The Hall–Kier alpha value is -2.24. The van der Waals surface area contributed by atoms with Crippen LogP contribution in [0.3, 0.4) is 0 Å². The Bertz CT molecular complexity index is 609. The molecular formula is C17H23N3O3. The second-order valence-corrected chi connectivity index (χ2v) is 6.19. The highest BCUT2D eigenvalue weighted by Gasteiger charge is 2.32. The van der Waals surface area contributed by atoms with Crippen LogP contribution in [0.5, 0.6) is 5.75 Å². The molecule has 0 aromatic heterocycles. The third-order valence-corrected chi connectivity index (χ3v) is 4.83. The molecule has 1 aromatic carbocycles. The summed E-state index contributed by atoms with van der Waals surface area (Å²) in [5, 5.41) is 0. The first-order valence-corrected chi connectivity index (χ1v) is 8.13. The van der Waals surface area contributed by atoms with E-state index in [1.54, 1.807) is 12.0 Å². The normalized spacial score (nSPS) is 18.5. The van der Waals surface area contributed by atoms with Gasteiger partial charge in [-0.25, -0.2) is 4.79 Å². The van der Waals surface area contributed by atoms with Gasteiger partial charge in [0.05, 0.1) is 7.11 Å². The van der Waals surface area contributed by atoms with E-state index in [2.05, 4.69) is 0 Å². The topological polar surface area (TPSA) is 75.9 Å². The SMILES string of the molecule is COc1ccc2c(c1)CCCN2C(=O)C1CCN(C(N)=O)CC1. The van der Waals surface area contributed by atoms with Crippen molar-refractivity contribution in [2.24, 2.45) is 11.7 Å². The molecule has 2 heterocycles. The number of urea groups is 1. The average Bonchev–Trinajstić information content (AvgIpc) is 2.60. The maximum Gasteiger partial charge on any atom is 0.314 e. The number of ether oxygens (including phenoxy) is 1. The summed E-state index contributed by atoms with van der Waals surface area (Å²) in [6.45, 7) is 1.89. The third-order valence-electron chi connectivity index (χ3n) is 4.83. The molecule has 0 atom stereocenters. The van der Waals surface area contributed by atoms with Crippen molar-refractivity contribution in [2.45, 2.75) is 25.7 Å². The summed E-state index contributed by atoms with van der Waals surface area (Å²) in [5.41, 5.74) is 7.47. The molecule has 3 amide bonds. The molecule has 1 saturated heterocycles. The molecule has 0 unspecified atom stereocenters. The second kappa shape index (κ2) is 6.48. The van der Waals surface area contributed by atoms with E-state index < -0.39 is 6.03 Å². The van der Waals surface area contributed by atoms with Crippen LogP contribution in [0.1, 0.15) is 24.8 Å². The molecule has 1 aromatic rings. The average molecular weight is 317 g/mol. The zero-order valence-corrected chi connectivity index (χ0v) is 13.5. The van der Waals surface area contributed by atoms with Gasteiger partial charge >= 0.3 is 6.03 Å². The van der Waals surface area contributed by atoms with Crippen LogP contribution in [0.2, 0.25) is 0 Å². The maximum atomic E-state index is 12.9. The molecule has 124 valence electrons. The fraction of sp³-hybridized carbons (Fsp3) is 0.529. The molecule has 6 nitrogen and oxygen atoms in total. The summed E-state index contributed by atoms with van der Waals surface area (Å²) in [7, 11) is 1.65. The number of likely N-dealkylation sites (tertiary alicyclic amines) is 1. The number of amides is 3. The molecule has 0 bridgehead atoms. The summed E-state index contributed by atoms with van der Waals surface area (Å²) < 4.78 is 5.27. The van der Waals surface area contributed by atoms with Crippen molar-refractivity contribution in [2.75, 3.05) is 31.6 Å². The minimum absolute atomic E-state index is 0.0290. The summed E-state index contributed by atoms with van der Waals surface area (Å²) in [6, 6.07) is 5.50. The lowest BCUT2D eigenvalue weighted by Gasteiger charge is -2.36. The van der Waals surface area contributed by atoms with E-state index in [1.807, 2.05) is 23.1 Å². The Kier molecular flexibility index (Phi) is 4.41. The van der Waals surface area contributed by atoms with E-state index in [4.69, 9.17) is 10.5 Å². The number of rotatable bonds is 2. The molecule has 0 radical (unpaired) electrons. The molecule has 6 heteroatoms. The lowest BCUT2D eigenvalue weighted by atomic mass is 9.93. The van der Waals surface area contributed by atoms with Gasteiger partial charge in [-0.1, -0.05) is 0 Å². The number of primary amides is 1. The van der Waals surface area contributed by atoms with Crippen LogP contribution in [-0.4, -0.2) is 43.6 Å². The number of methoxy groups -OCH3 is 1. The fourth-order valence-corrected chi connectivity index (χ4v) is 3.50. The van der Waals surface area contributed by atoms with Crippen LogP contribution in [0.15, 0.2) is 18.2 Å². The lowest BCUT2D eigenvalue weighted by Crippen LogP contribution is -2.47. The van der Waals surface area contributed by atoms with Crippen LogP contribution < -0.4 is 15.4 Å². The first-order valence-electron chi connectivity index (χ1n) is 8.13. The van der Waals surface area contributed by atoms with Gasteiger partial charge < -0.3 is 20.3 Å². The molecule has 23 heavy (non-hydrogen) atoms. The van der Waals surface area contributed by atoms with Gasteiger partial charge in [0.15, 0.2) is 0 Å². The van der Waals surface area contributed by atoms with Gasteiger partial charge in [-0.15, -0.1) is 0 Å². The Morgan fingerprint density at radius 1 is 1.22 bits per heavy atom. The predicted molar refractivity (Wildman–Crippen MR) is 87.5 cm³/mol. The van der Waals surface area contributed by atoms with E-state index in [0.717, 1.165) is 30.8 Å². The number of aryl methyl sites for hydroxylation is 1. The highest BCUT2D eigenvalue weighted by atomic mass is 16.5. The van der Waals surface area contributed by atoms with Crippen LogP contribution in [0.25, 0.3) is 0 Å². The number of hydrogen-bond acceptors (Lipinski definition) is 3. The molecule has 2 aliphatic heterocycles. The van der Waals surface area contributed by atoms with Crippen LogP contribution in [0.4, 0.5) is 10.5 Å². The largest absolute Gasteiger partial charge is 0.497 e. The maximum absolute atomic E-state index is 12.9. The van der Waals surface area contributed by atoms with Gasteiger partial charge in [-0.2, -0.15) is 0 Å². The molecule has 2 aliphatic rings. The van der Waals surface area contributed by atoms with Crippen molar-refractivity contribution < 1.29 is 14.3 Å². The van der Waals surface area contributed by atoms with Gasteiger partial charge in [0.25, 0.3) is 0 Å². The molecule has 0 saturated carbocycles. The summed E-state index contributed by atoms with van der Waals surface area (Å²) >= 11 is 0. The number of nitrogens with two attached hydrogens (primary N) is 1. The van der Waals surface area contributed by atoms with Gasteiger partial charge in [0.2, 0.25) is 5.91 Å². The number of fused-ring (bicyclic) bond motifs is 1. The van der Waals surface area contributed by atoms with Gasteiger partial charge in [0, 0.05) is 31.2 Å². The summed E-state index contributed by atoms with van der Waals surface area (Å²) in [4.78, 5) is 27.6. The van der Waals surface area contributed by atoms with Gasteiger partial charge in [-0.3, -0.25) is 4.79 Å². The zero-order chi connectivity index (χ0) is 16.4. The number of carbonyl (C=O) groups excluding carboxylic acids is 2. The van der Waals surface area contributed by atoms with Crippen LogP contribution in [-0.2, 0) is 11.2 Å².